The van der Waals surface area contributed by atoms with E-state index >= 15 is 0 Å². The van der Waals surface area contributed by atoms with Gasteiger partial charge in [-0.05, 0) is 63.9 Å². The molecule has 2 N–H and O–H groups in total. The number of nitrogens with two attached hydrogens (primary N) is 1. The van der Waals surface area contributed by atoms with E-state index in [2.05, 4.69) is 21.7 Å². The molecule has 0 unspecified atom stereocenters. The minimum absolute atomic E-state index is 0.0177. The molecule has 0 atom stereocenters. The Morgan fingerprint density at radius 3 is 2.45 bits per heavy atom. The summed E-state index contributed by atoms with van der Waals surface area (Å²) >= 11 is 1.41. The van der Waals surface area contributed by atoms with Gasteiger partial charge in [0.1, 0.15) is 5.82 Å². The van der Waals surface area contributed by atoms with Gasteiger partial charge in [0.15, 0.2) is 10.9 Å². The molecule has 31 heavy (non-hydrogen) atoms. The fraction of sp³-hybridized carbons (Fsp3) is 0.381. The zero-order valence-electron chi connectivity index (χ0n) is 17.7. The van der Waals surface area contributed by atoms with Gasteiger partial charge in [-0.3, -0.25) is 4.79 Å². The molecule has 164 valence electrons. The van der Waals surface area contributed by atoms with Crippen molar-refractivity contribution < 1.29 is 13.2 Å². The van der Waals surface area contributed by atoms with Crippen molar-refractivity contribution in [2.45, 2.75) is 56.1 Å². The summed E-state index contributed by atoms with van der Waals surface area (Å²) in [6.07, 6.45) is 2.32. The molecule has 1 aromatic carbocycles. The molecule has 1 aliphatic carbocycles. The summed E-state index contributed by atoms with van der Waals surface area (Å²) in [4.78, 5) is 13.0. The minimum Gasteiger partial charge on any atom is -0.318 e. The summed E-state index contributed by atoms with van der Waals surface area (Å²) in [5.74, 6) is 1.83. The number of aromatic nitrogens is 4. The van der Waals surface area contributed by atoms with Crippen LogP contribution in [0.2, 0.25) is 0 Å². The van der Waals surface area contributed by atoms with Crippen LogP contribution in [0.15, 0.2) is 40.4 Å². The summed E-state index contributed by atoms with van der Waals surface area (Å²) in [6, 6.07) is 8.18. The molecule has 1 fully saturated rings. The maximum absolute atomic E-state index is 13.0. The van der Waals surface area contributed by atoms with Crippen molar-refractivity contribution in [1.82, 2.24) is 19.3 Å². The topological polar surface area (TPSA) is 113 Å². The van der Waals surface area contributed by atoms with Crippen molar-refractivity contribution in [3.05, 3.63) is 53.1 Å². The van der Waals surface area contributed by atoms with Crippen molar-refractivity contribution in [3.8, 4) is 5.69 Å². The van der Waals surface area contributed by atoms with Crippen LogP contribution < -0.4 is 5.14 Å². The number of benzene rings is 1. The van der Waals surface area contributed by atoms with Gasteiger partial charge in [0, 0.05) is 35.1 Å². The highest BCUT2D eigenvalue weighted by Crippen LogP contribution is 2.40. The number of hydrogen-bond donors (Lipinski definition) is 1. The highest BCUT2D eigenvalue weighted by atomic mass is 32.2. The third kappa shape index (κ3) is 4.32. The lowest BCUT2D eigenvalue weighted by Gasteiger charge is -2.10. The molecule has 10 heteroatoms. The third-order valence-electron chi connectivity index (χ3n) is 5.49. The van der Waals surface area contributed by atoms with Gasteiger partial charge >= 0.3 is 0 Å². The smallest absolute Gasteiger partial charge is 0.238 e. The van der Waals surface area contributed by atoms with Crippen molar-refractivity contribution in [2.75, 3.05) is 5.75 Å². The fourth-order valence-electron chi connectivity index (χ4n) is 3.78. The van der Waals surface area contributed by atoms with E-state index in [0.29, 0.717) is 11.5 Å². The van der Waals surface area contributed by atoms with Crippen LogP contribution in [0.1, 0.15) is 53.3 Å². The number of hydrogen-bond acceptors (Lipinski definition) is 6. The van der Waals surface area contributed by atoms with Gasteiger partial charge in [-0.1, -0.05) is 11.8 Å². The van der Waals surface area contributed by atoms with E-state index in [9.17, 15) is 13.2 Å². The Balaban J connectivity index is 1.54. The summed E-state index contributed by atoms with van der Waals surface area (Å²) in [5.41, 5.74) is 3.11. The number of primary sulfonamides is 1. The first-order chi connectivity index (χ1) is 14.7. The van der Waals surface area contributed by atoms with Crippen LogP contribution in [-0.4, -0.2) is 39.3 Å². The standard InChI is InChI=1S/C21H25N5O3S2/c1-4-25-20(15-5-6-15)23-24-21(25)30-12-19(27)18-11-13(2)26(14(18)3)16-7-9-17(10-8-16)31(22,28)29/h7-11,15H,4-6,12H2,1-3H3,(H2,22,28,29). The maximum Gasteiger partial charge on any atom is 0.238 e. The number of nitrogens with zero attached hydrogens (tertiary/aromatic N) is 4. The Morgan fingerprint density at radius 2 is 1.87 bits per heavy atom. The van der Waals surface area contributed by atoms with E-state index in [0.717, 1.165) is 47.4 Å². The monoisotopic (exact) mass is 459 g/mol. The number of ketones is 1. The van der Waals surface area contributed by atoms with E-state index in [1.165, 1.54) is 23.9 Å². The van der Waals surface area contributed by atoms with Crippen LogP contribution in [0.5, 0.6) is 0 Å². The predicted molar refractivity (Wildman–Crippen MR) is 119 cm³/mol. The van der Waals surface area contributed by atoms with E-state index in [1.54, 1.807) is 12.1 Å². The van der Waals surface area contributed by atoms with Crippen LogP contribution in [-0.2, 0) is 16.6 Å². The second-order valence-electron chi connectivity index (χ2n) is 7.73. The third-order valence-corrected chi connectivity index (χ3v) is 7.39. The lowest BCUT2D eigenvalue weighted by molar-refractivity contribution is 0.102. The molecule has 0 aliphatic heterocycles. The Kier molecular flexibility index (Phi) is 5.80. The lowest BCUT2D eigenvalue weighted by atomic mass is 10.2. The zero-order chi connectivity index (χ0) is 22.3. The predicted octanol–water partition coefficient (Wildman–Crippen LogP) is 3.21. The van der Waals surface area contributed by atoms with Crippen LogP contribution in [0, 0.1) is 13.8 Å². The Morgan fingerprint density at radius 1 is 1.19 bits per heavy atom. The van der Waals surface area contributed by atoms with E-state index in [4.69, 9.17) is 5.14 Å². The van der Waals surface area contributed by atoms with Gasteiger partial charge < -0.3 is 9.13 Å². The Hall–Kier alpha value is -2.43. The van der Waals surface area contributed by atoms with Crippen molar-refractivity contribution >= 4 is 27.6 Å². The maximum atomic E-state index is 13.0. The highest BCUT2D eigenvalue weighted by Gasteiger charge is 2.30. The van der Waals surface area contributed by atoms with Crippen LogP contribution in [0.3, 0.4) is 0 Å². The summed E-state index contributed by atoms with van der Waals surface area (Å²) in [5, 5.41) is 14.6. The molecular weight excluding hydrogens is 434 g/mol. The Bertz CT molecular complexity index is 1240. The SMILES string of the molecule is CCn1c(SCC(=O)c2cc(C)n(-c3ccc(S(N)(=O)=O)cc3)c2C)nnc1C1CC1. The molecule has 4 rings (SSSR count). The largest absolute Gasteiger partial charge is 0.318 e. The second-order valence-corrected chi connectivity index (χ2v) is 10.2. The van der Waals surface area contributed by atoms with Crippen molar-refractivity contribution in [2.24, 2.45) is 5.14 Å². The van der Waals surface area contributed by atoms with E-state index in [-0.39, 0.29) is 16.4 Å². The molecule has 0 radical (unpaired) electrons. The first-order valence-electron chi connectivity index (χ1n) is 10.1. The number of Topliss-reactive ketones (excluding diaryl/α,β-unsaturated/α-hetero) is 1. The molecule has 0 bridgehead atoms. The van der Waals surface area contributed by atoms with E-state index < -0.39 is 10.0 Å². The first-order valence-corrected chi connectivity index (χ1v) is 12.6. The minimum atomic E-state index is -3.75. The van der Waals surface area contributed by atoms with Crippen LogP contribution >= 0.6 is 11.8 Å². The number of thioether (sulfide) groups is 1. The molecule has 2 aromatic heterocycles. The molecule has 0 amide bonds. The number of carbonyl (C=O) groups excluding carboxylic acids is 1. The van der Waals surface area contributed by atoms with Crippen molar-refractivity contribution in [3.63, 3.8) is 0 Å². The van der Waals surface area contributed by atoms with Gasteiger partial charge in [-0.2, -0.15) is 0 Å². The molecule has 0 saturated heterocycles. The van der Waals surface area contributed by atoms with Crippen molar-refractivity contribution in [1.29, 1.82) is 0 Å². The molecule has 8 nitrogen and oxygen atoms in total. The molecule has 1 aliphatic rings. The van der Waals surface area contributed by atoms with Gasteiger partial charge in [-0.15, -0.1) is 10.2 Å². The van der Waals surface area contributed by atoms with Gasteiger partial charge in [-0.25, -0.2) is 13.6 Å². The molecular formula is C21H25N5O3S2. The quantitative estimate of drug-likeness (QED) is 0.409. The molecule has 1 saturated carbocycles. The lowest BCUT2D eigenvalue weighted by Crippen LogP contribution is -2.12. The number of aryl methyl sites for hydroxylation is 1. The molecule has 2 heterocycles. The number of carbonyl (C=O) groups is 1. The Labute approximate surface area is 185 Å². The fourth-order valence-corrected chi connectivity index (χ4v) is 5.19. The summed E-state index contributed by atoms with van der Waals surface area (Å²) in [7, 11) is -3.75. The average Bonchev–Trinajstić information content (AvgIpc) is 3.42. The molecule has 0 spiro atoms. The zero-order valence-corrected chi connectivity index (χ0v) is 19.3. The van der Waals surface area contributed by atoms with E-state index in [1.807, 2.05) is 24.5 Å². The highest BCUT2D eigenvalue weighted by molar-refractivity contribution is 7.99. The van der Waals surface area contributed by atoms with Crippen LogP contribution in [0.25, 0.3) is 5.69 Å². The van der Waals surface area contributed by atoms with Gasteiger partial charge in [0.05, 0.1) is 10.6 Å². The second kappa shape index (κ2) is 8.25. The van der Waals surface area contributed by atoms with Gasteiger partial charge in [0.25, 0.3) is 0 Å². The first kappa shape index (κ1) is 21.8. The number of rotatable bonds is 8. The average molecular weight is 460 g/mol. The van der Waals surface area contributed by atoms with Gasteiger partial charge in [0.2, 0.25) is 10.0 Å². The summed E-state index contributed by atoms with van der Waals surface area (Å²) < 4.78 is 27.0. The summed E-state index contributed by atoms with van der Waals surface area (Å²) in [6.45, 7) is 6.66. The van der Waals surface area contributed by atoms with Crippen LogP contribution in [0.4, 0.5) is 0 Å². The number of sulfonamides is 1. The molecule has 3 aromatic rings. The normalized spacial score (nSPS) is 14.2.